The Morgan fingerprint density at radius 3 is 1.90 bits per heavy atom. The molecular formula is C19H15ClF6N2O2. The van der Waals surface area contributed by atoms with E-state index < -0.39 is 46.8 Å². The van der Waals surface area contributed by atoms with Crippen LogP contribution in [-0.4, -0.2) is 18.4 Å². The number of halogens is 7. The molecular weight excluding hydrogens is 438 g/mol. The predicted molar refractivity (Wildman–Crippen MR) is 98.0 cm³/mol. The Bertz CT molecular complexity index is 894. The Kier molecular flexibility index (Phi) is 7.02. The van der Waals surface area contributed by atoms with Crippen molar-refractivity contribution in [2.75, 3.05) is 11.9 Å². The Morgan fingerprint density at radius 2 is 1.43 bits per heavy atom. The van der Waals surface area contributed by atoms with Crippen molar-refractivity contribution in [1.82, 2.24) is 5.32 Å². The summed E-state index contributed by atoms with van der Waals surface area (Å²) in [5, 5.41) is 5.17. The highest BCUT2D eigenvalue weighted by Crippen LogP contribution is 2.36. The second-order valence-electron chi connectivity index (χ2n) is 6.40. The highest BCUT2D eigenvalue weighted by atomic mass is 35.5. The zero-order valence-corrected chi connectivity index (χ0v) is 16.0. The number of carbonyl (C=O) groups excluding carboxylic acids is 2. The number of rotatable bonds is 5. The molecule has 2 rings (SSSR count). The largest absolute Gasteiger partial charge is 0.416 e. The third-order valence-electron chi connectivity index (χ3n) is 3.98. The van der Waals surface area contributed by atoms with Crippen LogP contribution in [-0.2, 0) is 17.1 Å². The summed E-state index contributed by atoms with van der Waals surface area (Å²) in [6.07, 6.45) is -10.1. The molecule has 2 amide bonds. The number of alkyl halides is 6. The molecule has 2 aromatic carbocycles. The summed E-state index contributed by atoms with van der Waals surface area (Å²) < 4.78 is 77.3. The molecule has 0 saturated heterocycles. The minimum atomic E-state index is -5.07. The quantitative estimate of drug-likeness (QED) is 0.598. The second-order valence-corrected chi connectivity index (χ2v) is 6.84. The van der Waals surface area contributed by atoms with Crippen LogP contribution in [0.15, 0.2) is 42.5 Å². The average molecular weight is 453 g/mol. The average Bonchev–Trinajstić information content (AvgIpc) is 2.65. The van der Waals surface area contributed by atoms with E-state index in [1.807, 2.05) is 0 Å². The van der Waals surface area contributed by atoms with Crippen LogP contribution in [0.1, 0.15) is 28.4 Å². The molecule has 0 radical (unpaired) electrons. The van der Waals surface area contributed by atoms with Gasteiger partial charge in [-0.1, -0.05) is 18.5 Å². The summed E-state index contributed by atoms with van der Waals surface area (Å²) >= 11 is 5.73. The van der Waals surface area contributed by atoms with Gasteiger partial charge in [0.25, 0.3) is 5.91 Å². The monoisotopic (exact) mass is 452 g/mol. The van der Waals surface area contributed by atoms with Gasteiger partial charge in [0.15, 0.2) is 0 Å². The fraction of sp³-hybridized carbons (Fsp3) is 0.263. The van der Waals surface area contributed by atoms with Gasteiger partial charge in [0, 0.05) is 22.8 Å². The Balaban J connectivity index is 2.09. The molecule has 2 N–H and O–H groups in total. The van der Waals surface area contributed by atoms with E-state index in [2.05, 4.69) is 10.6 Å². The van der Waals surface area contributed by atoms with Crippen molar-refractivity contribution in [1.29, 1.82) is 0 Å². The molecule has 0 aliphatic rings. The summed E-state index contributed by atoms with van der Waals surface area (Å²) in [6.45, 7) is 1.12. The topological polar surface area (TPSA) is 58.2 Å². The first-order valence-corrected chi connectivity index (χ1v) is 8.79. The lowest BCUT2D eigenvalue weighted by Crippen LogP contribution is -2.34. The van der Waals surface area contributed by atoms with Crippen molar-refractivity contribution in [2.24, 2.45) is 5.92 Å². The SMILES string of the molecule is CC(CNC(=O)c1cc(C(F)(F)F)cc(C(F)(F)F)c1)C(=O)Nc1ccc(Cl)cc1. The smallest absolute Gasteiger partial charge is 0.351 e. The molecule has 0 heterocycles. The van der Waals surface area contributed by atoms with Crippen LogP contribution in [0, 0.1) is 5.92 Å². The first-order chi connectivity index (χ1) is 13.8. The number of carbonyl (C=O) groups is 2. The Hall–Kier alpha value is -2.75. The first kappa shape index (κ1) is 23.5. The summed E-state index contributed by atoms with van der Waals surface area (Å²) in [6, 6.07) is 6.72. The van der Waals surface area contributed by atoms with Crippen molar-refractivity contribution >= 4 is 29.1 Å². The van der Waals surface area contributed by atoms with Gasteiger partial charge in [0.1, 0.15) is 0 Å². The minimum absolute atomic E-state index is 0.0705. The highest BCUT2D eigenvalue weighted by molar-refractivity contribution is 6.30. The van der Waals surface area contributed by atoms with E-state index in [0.29, 0.717) is 22.8 Å². The zero-order chi connectivity index (χ0) is 22.7. The van der Waals surface area contributed by atoms with Crippen LogP contribution in [0.4, 0.5) is 32.0 Å². The Morgan fingerprint density at radius 1 is 0.933 bits per heavy atom. The molecule has 0 fully saturated rings. The lowest BCUT2D eigenvalue weighted by molar-refractivity contribution is -0.143. The molecule has 30 heavy (non-hydrogen) atoms. The third-order valence-corrected chi connectivity index (χ3v) is 4.23. The molecule has 0 bridgehead atoms. The molecule has 11 heteroatoms. The molecule has 4 nitrogen and oxygen atoms in total. The fourth-order valence-corrected chi connectivity index (χ4v) is 2.45. The van der Waals surface area contributed by atoms with E-state index >= 15 is 0 Å². The lowest BCUT2D eigenvalue weighted by atomic mass is 10.0. The van der Waals surface area contributed by atoms with Crippen molar-refractivity contribution in [3.05, 3.63) is 64.2 Å². The summed E-state index contributed by atoms with van der Waals surface area (Å²) in [4.78, 5) is 24.3. The number of hydrogen-bond acceptors (Lipinski definition) is 2. The predicted octanol–water partition coefficient (Wildman–Crippen LogP) is 5.38. The van der Waals surface area contributed by atoms with E-state index in [1.54, 1.807) is 0 Å². The van der Waals surface area contributed by atoms with Gasteiger partial charge in [-0.15, -0.1) is 0 Å². The van der Waals surface area contributed by atoms with Crippen molar-refractivity contribution in [3.8, 4) is 0 Å². The van der Waals surface area contributed by atoms with Gasteiger partial charge >= 0.3 is 12.4 Å². The minimum Gasteiger partial charge on any atom is -0.351 e. The maximum absolute atomic E-state index is 12.9. The molecule has 162 valence electrons. The summed E-state index contributed by atoms with van der Waals surface area (Å²) in [5.74, 6) is -2.51. The molecule has 0 aliphatic heterocycles. The number of hydrogen-bond donors (Lipinski definition) is 2. The van der Waals surface area contributed by atoms with Gasteiger partial charge < -0.3 is 10.6 Å². The maximum Gasteiger partial charge on any atom is 0.416 e. The number of benzene rings is 2. The van der Waals surface area contributed by atoms with Crippen LogP contribution in [0.2, 0.25) is 5.02 Å². The number of amides is 2. The van der Waals surface area contributed by atoms with Crippen LogP contribution in [0.5, 0.6) is 0 Å². The third kappa shape index (κ3) is 6.38. The van der Waals surface area contributed by atoms with Crippen LogP contribution in [0.3, 0.4) is 0 Å². The van der Waals surface area contributed by atoms with Crippen LogP contribution >= 0.6 is 11.6 Å². The van der Waals surface area contributed by atoms with E-state index in [4.69, 9.17) is 11.6 Å². The van der Waals surface area contributed by atoms with E-state index in [1.165, 1.54) is 31.2 Å². The van der Waals surface area contributed by atoms with Crippen molar-refractivity contribution in [2.45, 2.75) is 19.3 Å². The fourth-order valence-electron chi connectivity index (χ4n) is 2.33. The maximum atomic E-state index is 12.9. The molecule has 1 unspecified atom stereocenters. The zero-order valence-electron chi connectivity index (χ0n) is 15.3. The van der Waals surface area contributed by atoms with Gasteiger partial charge in [-0.05, 0) is 42.5 Å². The first-order valence-electron chi connectivity index (χ1n) is 8.41. The molecule has 0 saturated carbocycles. The number of nitrogens with one attached hydrogen (secondary N) is 2. The van der Waals surface area contributed by atoms with Crippen LogP contribution in [0.25, 0.3) is 0 Å². The van der Waals surface area contributed by atoms with Crippen molar-refractivity contribution in [3.63, 3.8) is 0 Å². The van der Waals surface area contributed by atoms with E-state index in [9.17, 15) is 35.9 Å². The van der Waals surface area contributed by atoms with E-state index in [-0.39, 0.29) is 12.6 Å². The number of anilines is 1. The van der Waals surface area contributed by atoms with Gasteiger partial charge in [-0.25, -0.2) is 0 Å². The summed E-state index contributed by atoms with van der Waals surface area (Å²) in [7, 11) is 0. The molecule has 0 spiro atoms. The van der Waals surface area contributed by atoms with Crippen molar-refractivity contribution < 1.29 is 35.9 Å². The van der Waals surface area contributed by atoms with Gasteiger partial charge in [-0.3, -0.25) is 9.59 Å². The van der Waals surface area contributed by atoms with Crippen LogP contribution < -0.4 is 10.6 Å². The second kappa shape index (κ2) is 8.95. The van der Waals surface area contributed by atoms with Gasteiger partial charge in [0.2, 0.25) is 5.91 Å². The van der Waals surface area contributed by atoms with Gasteiger partial charge in [0.05, 0.1) is 17.0 Å². The normalized spacial score (nSPS) is 12.9. The van der Waals surface area contributed by atoms with E-state index in [0.717, 1.165) is 0 Å². The molecule has 2 aromatic rings. The molecule has 1 atom stereocenters. The highest BCUT2D eigenvalue weighted by Gasteiger charge is 2.37. The Labute approximate surface area is 172 Å². The van der Waals surface area contributed by atoms with Gasteiger partial charge in [-0.2, -0.15) is 26.3 Å². The summed E-state index contributed by atoms with van der Waals surface area (Å²) in [5.41, 5.74) is -3.59. The standard InChI is InChI=1S/C19H15ClF6N2O2/c1-10(16(29)28-15-4-2-14(20)3-5-15)9-27-17(30)11-6-12(18(21,22)23)8-13(7-11)19(24,25)26/h2-8,10H,9H2,1H3,(H,27,30)(H,28,29). The lowest BCUT2D eigenvalue weighted by Gasteiger charge is -2.16. The molecule has 0 aromatic heterocycles. The molecule has 0 aliphatic carbocycles.